The summed E-state index contributed by atoms with van der Waals surface area (Å²) in [6.45, 7) is 1.48. The maximum Gasteiger partial charge on any atom is 0.319 e. The van der Waals surface area contributed by atoms with Crippen molar-refractivity contribution in [3.8, 4) is 5.75 Å². The molecule has 1 aromatic heterocycles. The summed E-state index contributed by atoms with van der Waals surface area (Å²) in [6.07, 6.45) is 0.664. The molecule has 0 aliphatic heterocycles. The van der Waals surface area contributed by atoms with Gasteiger partial charge in [-0.25, -0.2) is 4.79 Å². The van der Waals surface area contributed by atoms with Gasteiger partial charge in [0.15, 0.2) is 0 Å². The first kappa shape index (κ1) is 25.0. The largest absolute Gasteiger partial charge is 0.506 e. The fourth-order valence-electron chi connectivity index (χ4n) is 4.08. The van der Waals surface area contributed by atoms with E-state index in [1.807, 2.05) is 54.6 Å². The summed E-state index contributed by atoms with van der Waals surface area (Å²) >= 11 is 0. The number of aliphatic hydroxyl groups is 1. The molecule has 0 saturated carbocycles. The van der Waals surface area contributed by atoms with Gasteiger partial charge in [-0.15, -0.1) is 0 Å². The van der Waals surface area contributed by atoms with Gasteiger partial charge in [-0.3, -0.25) is 4.79 Å². The van der Waals surface area contributed by atoms with Crippen LogP contribution < -0.4 is 21.5 Å². The molecular formula is C28H30N4O4. The Hall–Kier alpha value is -4.14. The van der Waals surface area contributed by atoms with E-state index < -0.39 is 6.10 Å². The predicted molar refractivity (Wildman–Crippen MR) is 141 cm³/mol. The van der Waals surface area contributed by atoms with Gasteiger partial charge < -0.3 is 31.1 Å². The number of pyridine rings is 1. The molecule has 0 aliphatic carbocycles. The summed E-state index contributed by atoms with van der Waals surface area (Å²) in [6, 6.07) is 23.5. The monoisotopic (exact) mass is 486 g/mol. The molecule has 0 aliphatic rings. The number of nitrogens with one attached hydrogen (secondary N) is 4. The predicted octanol–water partition coefficient (Wildman–Crippen LogP) is 3.46. The zero-order chi connectivity index (χ0) is 25.3. The van der Waals surface area contributed by atoms with E-state index in [-0.39, 0.29) is 17.3 Å². The number of carbonyl (C=O) groups excluding carboxylic acids is 1. The first-order valence-corrected chi connectivity index (χ1v) is 11.9. The molecule has 3 aromatic carbocycles. The number of aliphatic hydroxyl groups excluding tert-OH is 1. The Bertz CT molecular complexity index is 1370. The lowest BCUT2D eigenvalue weighted by atomic mass is 10.0. The maximum atomic E-state index is 12.2. The molecule has 4 aromatic rings. The first-order valence-electron chi connectivity index (χ1n) is 11.9. The fourth-order valence-corrected chi connectivity index (χ4v) is 4.08. The van der Waals surface area contributed by atoms with Crippen molar-refractivity contribution in [3.05, 3.63) is 106 Å². The van der Waals surface area contributed by atoms with Gasteiger partial charge in [-0.05, 0) is 60.3 Å². The van der Waals surface area contributed by atoms with Crippen LogP contribution in [0.2, 0.25) is 0 Å². The molecule has 0 bridgehead atoms. The number of benzene rings is 3. The third-order valence-electron chi connectivity index (χ3n) is 5.92. The highest BCUT2D eigenvalue weighted by molar-refractivity contribution is 5.89. The number of hydrogen-bond acceptors (Lipinski definition) is 5. The molecule has 8 heteroatoms. The number of aromatic nitrogens is 1. The Morgan fingerprint density at radius 2 is 1.67 bits per heavy atom. The molecule has 4 rings (SSSR count). The molecule has 0 spiro atoms. The van der Waals surface area contributed by atoms with Crippen molar-refractivity contribution in [2.75, 3.05) is 25.0 Å². The minimum absolute atomic E-state index is 0.0371. The number of fused-ring (bicyclic) bond motifs is 1. The maximum absolute atomic E-state index is 12.2. The molecule has 1 atom stereocenters. The van der Waals surface area contributed by atoms with E-state index in [1.165, 1.54) is 17.7 Å². The van der Waals surface area contributed by atoms with E-state index in [4.69, 9.17) is 0 Å². The van der Waals surface area contributed by atoms with E-state index in [2.05, 4.69) is 20.9 Å². The second kappa shape index (κ2) is 12.0. The van der Waals surface area contributed by atoms with Crippen LogP contribution in [0.3, 0.4) is 0 Å². The second-order valence-corrected chi connectivity index (χ2v) is 8.57. The van der Waals surface area contributed by atoms with Crippen molar-refractivity contribution in [2.24, 2.45) is 0 Å². The van der Waals surface area contributed by atoms with Crippen molar-refractivity contribution in [1.29, 1.82) is 0 Å². The van der Waals surface area contributed by atoms with E-state index in [9.17, 15) is 19.8 Å². The highest BCUT2D eigenvalue weighted by atomic mass is 16.3. The Balaban J connectivity index is 1.24. The molecule has 6 N–H and O–H groups in total. The molecule has 8 nitrogen and oxygen atoms in total. The summed E-state index contributed by atoms with van der Waals surface area (Å²) in [5.41, 5.74) is 3.56. The molecule has 0 unspecified atom stereocenters. The topological polar surface area (TPSA) is 126 Å². The first-order chi connectivity index (χ1) is 17.5. The number of amides is 2. The second-order valence-electron chi connectivity index (χ2n) is 8.57. The number of urea groups is 1. The van der Waals surface area contributed by atoms with Gasteiger partial charge in [0.25, 0.3) is 0 Å². The summed E-state index contributed by atoms with van der Waals surface area (Å²) in [7, 11) is 0. The number of phenolic OH excluding ortho intramolecular Hbond substituents is 1. The zero-order valence-corrected chi connectivity index (χ0v) is 19.8. The van der Waals surface area contributed by atoms with Crippen LogP contribution in [0.25, 0.3) is 10.9 Å². The van der Waals surface area contributed by atoms with Crippen LogP contribution in [0.4, 0.5) is 10.5 Å². The van der Waals surface area contributed by atoms with Crippen LogP contribution in [0.15, 0.2) is 83.7 Å². The number of H-pyrrole nitrogens is 1. The Labute approximate surface area is 209 Å². The van der Waals surface area contributed by atoms with Crippen LogP contribution >= 0.6 is 0 Å². The minimum atomic E-state index is -0.813. The normalized spacial score (nSPS) is 11.8. The Morgan fingerprint density at radius 1 is 0.889 bits per heavy atom. The van der Waals surface area contributed by atoms with E-state index >= 15 is 0 Å². The smallest absolute Gasteiger partial charge is 0.319 e. The SMILES string of the molecule is O=C(NCCc1ccccc1)Nc1cccc(CCNC[C@@H](O)c2ccc(O)c3[nH]c(=O)ccc23)c1. The van der Waals surface area contributed by atoms with E-state index in [0.29, 0.717) is 48.2 Å². The van der Waals surface area contributed by atoms with Gasteiger partial charge in [0, 0.05) is 30.2 Å². The van der Waals surface area contributed by atoms with Gasteiger partial charge >= 0.3 is 6.03 Å². The molecule has 1 heterocycles. The molecule has 186 valence electrons. The van der Waals surface area contributed by atoms with Gasteiger partial charge in [0.05, 0.1) is 11.6 Å². The van der Waals surface area contributed by atoms with Crippen LogP contribution in [0, 0.1) is 0 Å². The van der Waals surface area contributed by atoms with Gasteiger partial charge in [-0.1, -0.05) is 48.5 Å². The number of anilines is 1. The number of carbonyl (C=O) groups is 1. The van der Waals surface area contributed by atoms with Gasteiger partial charge in [0.2, 0.25) is 5.56 Å². The summed E-state index contributed by atoms with van der Waals surface area (Å²) in [5, 5.41) is 30.3. The quantitative estimate of drug-likeness (QED) is 0.191. The van der Waals surface area contributed by atoms with E-state index in [1.54, 1.807) is 12.1 Å². The number of rotatable bonds is 10. The standard InChI is InChI=1S/C28H30N4O4/c33-24-11-9-22(23-10-12-26(35)32-27(23)24)25(34)18-29-15-13-20-7-4-8-21(17-20)31-28(36)30-16-14-19-5-2-1-3-6-19/h1-12,17,25,29,33-34H,13-16,18H2,(H,32,35)(H2,30,31,36)/t25-/m1/s1. The summed E-state index contributed by atoms with van der Waals surface area (Å²) in [5.74, 6) is -0.0371. The highest BCUT2D eigenvalue weighted by Crippen LogP contribution is 2.28. The molecule has 0 radical (unpaired) electrons. The summed E-state index contributed by atoms with van der Waals surface area (Å²) in [4.78, 5) is 26.4. The van der Waals surface area contributed by atoms with Crippen molar-refractivity contribution >= 4 is 22.6 Å². The number of hydrogen-bond donors (Lipinski definition) is 6. The Morgan fingerprint density at radius 3 is 2.50 bits per heavy atom. The fraction of sp³-hybridized carbons (Fsp3) is 0.214. The van der Waals surface area contributed by atoms with Crippen molar-refractivity contribution in [2.45, 2.75) is 18.9 Å². The van der Waals surface area contributed by atoms with E-state index in [0.717, 1.165) is 12.0 Å². The molecule has 0 fully saturated rings. The van der Waals surface area contributed by atoms with Crippen molar-refractivity contribution < 1.29 is 15.0 Å². The molecule has 36 heavy (non-hydrogen) atoms. The van der Waals surface area contributed by atoms with Crippen LogP contribution in [-0.2, 0) is 12.8 Å². The lowest BCUT2D eigenvalue weighted by molar-refractivity contribution is 0.176. The third kappa shape index (κ3) is 6.71. The van der Waals surface area contributed by atoms with Crippen molar-refractivity contribution in [1.82, 2.24) is 15.6 Å². The summed E-state index contributed by atoms with van der Waals surface area (Å²) < 4.78 is 0. The van der Waals surface area contributed by atoms with Crippen LogP contribution in [-0.4, -0.2) is 40.9 Å². The number of aromatic hydroxyl groups is 1. The molecular weight excluding hydrogens is 456 g/mol. The molecule has 2 amide bonds. The lowest BCUT2D eigenvalue weighted by Gasteiger charge is -2.15. The van der Waals surface area contributed by atoms with Gasteiger partial charge in [-0.2, -0.15) is 0 Å². The molecule has 0 saturated heterocycles. The average molecular weight is 487 g/mol. The number of phenols is 1. The highest BCUT2D eigenvalue weighted by Gasteiger charge is 2.13. The van der Waals surface area contributed by atoms with Crippen molar-refractivity contribution in [3.63, 3.8) is 0 Å². The minimum Gasteiger partial charge on any atom is -0.506 e. The lowest BCUT2D eigenvalue weighted by Crippen LogP contribution is -2.30. The van der Waals surface area contributed by atoms with Crippen LogP contribution in [0.5, 0.6) is 5.75 Å². The average Bonchev–Trinajstić information content (AvgIpc) is 2.88. The third-order valence-corrected chi connectivity index (χ3v) is 5.92. The van der Waals surface area contributed by atoms with Crippen LogP contribution in [0.1, 0.15) is 22.8 Å². The van der Waals surface area contributed by atoms with Gasteiger partial charge in [0.1, 0.15) is 5.75 Å². The Kier molecular flexibility index (Phi) is 8.33. The number of aromatic amines is 1. The zero-order valence-electron chi connectivity index (χ0n) is 19.8.